The van der Waals surface area contributed by atoms with Gasteiger partial charge in [-0.15, -0.1) is 0 Å². The Kier molecular flexibility index (Phi) is 4.58. The molecule has 6 heteroatoms. The van der Waals surface area contributed by atoms with Gasteiger partial charge in [-0.2, -0.15) is 0 Å². The molecule has 18 heavy (non-hydrogen) atoms. The molecule has 5 nitrogen and oxygen atoms in total. The van der Waals surface area contributed by atoms with Gasteiger partial charge in [-0.1, -0.05) is 27.7 Å². The molecule has 3 N–H and O–H groups in total. The Morgan fingerprint density at radius 1 is 1.39 bits per heavy atom. The quantitative estimate of drug-likeness (QED) is 0.826. The first-order chi connectivity index (χ1) is 8.13. The van der Waals surface area contributed by atoms with Crippen molar-refractivity contribution in [2.45, 2.75) is 39.3 Å². The minimum absolute atomic E-state index is 0.176. The highest BCUT2D eigenvalue weighted by Gasteiger charge is 2.21. The second kappa shape index (κ2) is 5.42. The van der Waals surface area contributed by atoms with E-state index in [0.717, 1.165) is 6.54 Å². The molecule has 0 aromatic carbocycles. The van der Waals surface area contributed by atoms with E-state index in [4.69, 9.17) is 9.56 Å². The van der Waals surface area contributed by atoms with Gasteiger partial charge in [-0.3, -0.25) is 0 Å². The van der Waals surface area contributed by atoms with Crippen LogP contribution in [0, 0.1) is 11.3 Å². The molecule has 1 heterocycles. The molecule has 0 fully saturated rings. The number of hydrogen-bond donors (Lipinski definition) is 2. The van der Waals surface area contributed by atoms with Crippen molar-refractivity contribution in [3.8, 4) is 0 Å². The summed E-state index contributed by atoms with van der Waals surface area (Å²) in [4.78, 5) is 0. The van der Waals surface area contributed by atoms with E-state index in [1.54, 1.807) is 6.07 Å². The molecule has 1 rings (SSSR count). The summed E-state index contributed by atoms with van der Waals surface area (Å²) in [6, 6.07) is 3.00. The summed E-state index contributed by atoms with van der Waals surface area (Å²) in [6.45, 7) is 10.0. The van der Waals surface area contributed by atoms with Crippen molar-refractivity contribution >= 4 is 10.0 Å². The van der Waals surface area contributed by atoms with Crippen LogP contribution in [0.15, 0.2) is 21.6 Å². The van der Waals surface area contributed by atoms with Gasteiger partial charge in [-0.25, -0.2) is 13.6 Å². The zero-order valence-electron chi connectivity index (χ0n) is 11.4. The molecule has 0 aliphatic heterocycles. The Labute approximate surface area is 109 Å². The monoisotopic (exact) mass is 274 g/mol. The van der Waals surface area contributed by atoms with Gasteiger partial charge in [0.2, 0.25) is 5.09 Å². The molecule has 0 atom stereocenters. The van der Waals surface area contributed by atoms with E-state index in [1.807, 2.05) is 0 Å². The van der Waals surface area contributed by atoms with E-state index in [0.29, 0.717) is 18.2 Å². The van der Waals surface area contributed by atoms with Crippen LogP contribution in [0.3, 0.4) is 0 Å². The third-order valence-electron chi connectivity index (χ3n) is 3.36. The number of nitrogens with two attached hydrogens (primary N) is 1. The molecule has 0 saturated heterocycles. The number of rotatable bonds is 6. The fourth-order valence-corrected chi connectivity index (χ4v) is 1.80. The summed E-state index contributed by atoms with van der Waals surface area (Å²) < 4.78 is 27.2. The zero-order chi connectivity index (χ0) is 14.0. The molecule has 0 saturated carbocycles. The van der Waals surface area contributed by atoms with Crippen molar-refractivity contribution < 1.29 is 12.8 Å². The summed E-state index contributed by atoms with van der Waals surface area (Å²) in [7, 11) is -3.74. The van der Waals surface area contributed by atoms with Crippen LogP contribution in [0.5, 0.6) is 0 Å². The highest BCUT2D eigenvalue weighted by atomic mass is 32.2. The van der Waals surface area contributed by atoms with Crippen LogP contribution in [0.1, 0.15) is 33.5 Å². The summed E-state index contributed by atoms with van der Waals surface area (Å²) >= 11 is 0. The highest BCUT2D eigenvalue weighted by Crippen LogP contribution is 2.24. The van der Waals surface area contributed by atoms with Crippen molar-refractivity contribution in [3.05, 3.63) is 17.9 Å². The van der Waals surface area contributed by atoms with Crippen LogP contribution in [-0.2, 0) is 16.6 Å². The van der Waals surface area contributed by atoms with Crippen LogP contribution in [-0.4, -0.2) is 15.0 Å². The van der Waals surface area contributed by atoms with Crippen LogP contribution in [0.4, 0.5) is 0 Å². The van der Waals surface area contributed by atoms with E-state index in [2.05, 4.69) is 33.0 Å². The smallest absolute Gasteiger partial charge is 0.271 e. The van der Waals surface area contributed by atoms with Crippen LogP contribution < -0.4 is 10.5 Å². The fourth-order valence-electron chi connectivity index (χ4n) is 1.32. The first-order valence-electron chi connectivity index (χ1n) is 5.95. The normalized spacial score (nSPS) is 13.2. The van der Waals surface area contributed by atoms with E-state index >= 15 is 0 Å². The first kappa shape index (κ1) is 15.2. The van der Waals surface area contributed by atoms with E-state index in [1.165, 1.54) is 6.07 Å². The van der Waals surface area contributed by atoms with Crippen LogP contribution >= 0.6 is 0 Å². The van der Waals surface area contributed by atoms with Gasteiger partial charge in [0.1, 0.15) is 5.76 Å². The van der Waals surface area contributed by atoms with Gasteiger partial charge in [0.25, 0.3) is 10.0 Å². The number of hydrogen-bond acceptors (Lipinski definition) is 4. The molecule has 1 aromatic rings. The van der Waals surface area contributed by atoms with Gasteiger partial charge in [0.15, 0.2) is 0 Å². The lowest BCUT2D eigenvalue weighted by atomic mass is 9.81. The predicted octanol–water partition coefficient (Wildman–Crippen LogP) is 1.70. The molecular weight excluding hydrogens is 252 g/mol. The predicted molar refractivity (Wildman–Crippen MR) is 70.4 cm³/mol. The van der Waals surface area contributed by atoms with Crippen molar-refractivity contribution in [2.24, 2.45) is 16.5 Å². The van der Waals surface area contributed by atoms with Crippen LogP contribution in [0.25, 0.3) is 0 Å². The van der Waals surface area contributed by atoms with Crippen LogP contribution in [0.2, 0.25) is 0 Å². The molecule has 104 valence electrons. The summed E-state index contributed by atoms with van der Waals surface area (Å²) in [5, 5.41) is 8.03. The van der Waals surface area contributed by atoms with Gasteiger partial charge in [0, 0.05) is 6.54 Å². The van der Waals surface area contributed by atoms with Gasteiger partial charge in [0.05, 0.1) is 6.54 Å². The molecule has 0 aliphatic rings. The fraction of sp³-hybridized carbons (Fsp3) is 0.667. The maximum atomic E-state index is 11.0. The third-order valence-corrected chi connectivity index (χ3v) is 4.14. The highest BCUT2D eigenvalue weighted by molar-refractivity contribution is 7.89. The lowest BCUT2D eigenvalue weighted by Gasteiger charge is -2.29. The molecular formula is C12H22N2O3S. The van der Waals surface area contributed by atoms with Crippen molar-refractivity contribution in [1.29, 1.82) is 0 Å². The average molecular weight is 274 g/mol. The topological polar surface area (TPSA) is 85.3 Å². The summed E-state index contributed by atoms with van der Waals surface area (Å²) in [6.07, 6.45) is 0. The van der Waals surface area contributed by atoms with Gasteiger partial charge in [-0.05, 0) is 23.5 Å². The molecule has 0 amide bonds. The average Bonchev–Trinajstić information content (AvgIpc) is 2.65. The number of sulfonamides is 1. The maximum absolute atomic E-state index is 11.0. The largest absolute Gasteiger partial charge is 0.447 e. The third kappa shape index (κ3) is 4.12. The van der Waals surface area contributed by atoms with Gasteiger partial charge < -0.3 is 9.73 Å². The molecule has 0 radical (unpaired) electrons. The van der Waals surface area contributed by atoms with E-state index in [9.17, 15) is 8.42 Å². The number of primary sulfonamides is 1. The molecule has 0 spiro atoms. The first-order valence-corrected chi connectivity index (χ1v) is 7.50. The Morgan fingerprint density at radius 3 is 2.44 bits per heavy atom. The summed E-state index contributed by atoms with van der Waals surface area (Å²) in [5.41, 5.74) is 0.176. The van der Waals surface area contributed by atoms with E-state index in [-0.39, 0.29) is 10.5 Å². The van der Waals surface area contributed by atoms with Crippen molar-refractivity contribution in [3.63, 3.8) is 0 Å². The van der Waals surface area contributed by atoms with E-state index < -0.39 is 10.0 Å². The standard InChI is InChI=1S/C12H22N2O3S/c1-9(2)12(3,4)8-14-7-10-5-6-11(17-10)18(13,15)16/h5-6,9,14H,7-8H2,1-4H3,(H2,13,15,16). The SMILES string of the molecule is CC(C)C(C)(C)CNCc1ccc(S(N)(=O)=O)o1. The Bertz CT molecular complexity index is 489. The second-order valence-electron chi connectivity index (χ2n) is 5.51. The molecule has 0 aliphatic carbocycles. The lowest BCUT2D eigenvalue weighted by Crippen LogP contribution is -2.33. The Balaban J connectivity index is 2.53. The molecule has 0 unspecified atom stereocenters. The Hall–Kier alpha value is -0.850. The maximum Gasteiger partial charge on any atom is 0.271 e. The summed E-state index contributed by atoms with van der Waals surface area (Å²) in [5.74, 6) is 1.13. The minimum Gasteiger partial charge on any atom is -0.447 e. The lowest BCUT2D eigenvalue weighted by molar-refractivity contribution is 0.234. The van der Waals surface area contributed by atoms with Crippen molar-refractivity contribution in [1.82, 2.24) is 5.32 Å². The molecule has 1 aromatic heterocycles. The number of furan rings is 1. The van der Waals surface area contributed by atoms with Crippen molar-refractivity contribution in [2.75, 3.05) is 6.54 Å². The second-order valence-corrected chi connectivity index (χ2v) is 7.00. The molecule has 0 bridgehead atoms. The Morgan fingerprint density at radius 2 is 2.00 bits per heavy atom. The number of nitrogens with one attached hydrogen (secondary N) is 1. The van der Waals surface area contributed by atoms with Gasteiger partial charge >= 0.3 is 0 Å². The minimum atomic E-state index is -3.74. The zero-order valence-corrected chi connectivity index (χ0v) is 12.2.